The van der Waals surface area contributed by atoms with Crippen molar-refractivity contribution in [1.29, 1.82) is 0 Å². The van der Waals surface area contributed by atoms with Gasteiger partial charge in [-0.25, -0.2) is 18.7 Å². The number of rotatable bonds is 24. The van der Waals surface area contributed by atoms with E-state index in [-0.39, 0.29) is 87.8 Å². The number of hydrogen-bond acceptors (Lipinski definition) is 18. The van der Waals surface area contributed by atoms with Crippen LogP contribution in [0.3, 0.4) is 0 Å². The second-order valence-electron chi connectivity index (χ2n) is 32.0. The molecule has 0 radical (unpaired) electrons. The minimum absolute atomic E-state index is 0.0113. The molecule has 1 saturated heterocycles. The molecule has 1 unspecified atom stereocenters. The molecular weight excluding hydrogens is 1580 g/mol. The van der Waals surface area contributed by atoms with Crippen LogP contribution in [0.15, 0.2) is 194 Å². The molecule has 8 amide bonds. The van der Waals surface area contributed by atoms with Crippen molar-refractivity contribution in [2.75, 3.05) is 36.1 Å². The maximum absolute atomic E-state index is 12.5. The SMILES string of the molecule is Cc1ccccc1C(=O)NCc1ccc(-c2nn(C3CCC(O)CC3)c(N)c2C(N)=O)cc1.Cc1ccccc1C(=O)NCc1ccc(-c2nn(C3CCC3)c(N)c2C(N)=O)cc1.Cc1ccccc1C(=O)NCc1ccc(-c2nn(C3CCCC3)c(N)c2C(N)=O)cc1.Cc1ccccc1C(=O)NCc1ccc(-c2nn(C3CCOC3)c(N)c2C(N)=O)cc1. The standard InChI is InChI=1S/C25H29N5O3.C24H27N5O2.C23H25N5O3.C23H25N5O2/c1-15-4-2-3-5-20(15)25(33)28-14-16-6-8-17(9-7-16)22-21(24(27)32)23(26)30(29-22)18-10-12-19(31)13-11-18;1-15-6-2-5-9-19(15)24(31)27-14-16-10-12-17(13-11-16)21-20(23(26)30)22(25)29(28-21)18-7-3-4-8-18;1-14-4-2-3-5-18(14)23(30)26-12-15-6-8-16(9-7-15)20-19(22(25)29)21(24)28(27-20)17-10-11-31-13-17;1-14-5-2-3-8-18(14)23(30)26-13-15-9-11-16(12-10-15)20-19(22(25)29)21(24)28(27-20)17-6-4-7-17/h2-9,18-19,31H,10-14,26H2,1H3,(H2,27,32)(H,28,33);2,5-6,9-13,18H,3-4,7-8,14,25H2,1H3,(H2,26,30)(H,27,31);2-9,17H,10-13,24H2,1H3,(H2,25,29)(H,26,30);2-3,5,8-12,17H,4,6-7,13,24H2,1H3,(H2,25,29)(H,26,30). The highest BCUT2D eigenvalue weighted by Crippen LogP contribution is 2.40. The number of nitrogen functional groups attached to an aromatic ring is 4. The van der Waals surface area contributed by atoms with Crippen LogP contribution in [0.4, 0.5) is 23.3 Å². The number of aromatic nitrogens is 8. The molecule has 12 aromatic rings. The van der Waals surface area contributed by atoms with Crippen LogP contribution in [0, 0.1) is 27.7 Å². The number of carbonyl (C=O) groups is 8. The average Bonchev–Trinajstić information content (AvgIpc) is 1.63. The number of benzene rings is 8. The smallest absolute Gasteiger partial charge is 0.254 e. The Labute approximate surface area is 723 Å². The Balaban J connectivity index is 0.000000143. The third kappa shape index (κ3) is 20.6. The molecule has 16 rings (SSSR count). The van der Waals surface area contributed by atoms with E-state index in [9.17, 15) is 43.5 Å². The number of anilines is 4. The zero-order valence-corrected chi connectivity index (χ0v) is 70.4. The predicted octanol–water partition coefficient (Wildman–Crippen LogP) is 12.2. The normalized spacial score (nSPS) is 15.4. The van der Waals surface area contributed by atoms with Gasteiger partial charge in [-0.15, -0.1) is 0 Å². The number of nitrogens with two attached hydrogens (primary N) is 8. The number of hydrogen-bond donors (Lipinski definition) is 13. The summed E-state index contributed by atoms with van der Waals surface area (Å²) in [6.07, 6.45) is 10.7. The molecule has 0 spiro atoms. The van der Waals surface area contributed by atoms with Gasteiger partial charge in [-0.3, -0.25) is 38.4 Å². The molecule has 4 aliphatic rings. The number of aliphatic hydroxyl groups excluding tert-OH is 1. The molecule has 21 N–H and O–H groups in total. The van der Waals surface area contributed by atoms with E-state index >= 15 is 0 Å². The van der Waals surface area contributed by atoms with E-state index in [1.807, 2.05) is 210 Å². The predicted molar refractivity (Wildman–Crippen MR) is 480 cm³/mol. The zero-order valence-electron chi connectivity index (χ0n) is 70.4. The van der Waals surface area contributed by atoms with E-state index in [4.69, 9.17) is 50.6 Å². The minimum atomic E-state index is -0.626. The van der Waals surface area contributed by atoms with Crippen molar-refractivity contribution in [3.63, 3.8) is 0 Å². The van der Waals surface area contributed by atoms with Crippen LogP contribution >= 0.6 is 0 Å². The maximum atomic E-state index is 12.5. The fraction of sp³-hybridized carbons (Fsp3) is 0.284. The molecule has 1 aliphatic heterocycles. The number of primary amides is 4. The Morgan fingerprint density at radius 1 is 0.328 bits per heavy atom. The summed E-state index contributed by atoms with van der Waals surface area (Å²) in [5, 5.41) is 40.0. The van der Waals surface area contributed by atoms with Gasteiger partial charge in [-0.2, -0.15) is 20.4 Å². The van der Waals surface area contributed by atoms with E-state index in [2.05, 4.69) is 41.7 Å². The first-order valence-corrected chi connectivity index (χ1v) is 41.9. The Hall–Kier alpha value is -14.5. The third-order valence-corrected chi connectivity index (χ3v) is 23.4. The summed E-state index contributed by atoms with van der Waals surface area (Å²) in [7, 11) is 0. The zero-order chi connectivity index (χ0) is 88.7. The van der Waals surface area contributed by atoms with Crippen molar-refractivity contribution in [3.05, 3.63) is 283 Å². The van der Waals surface area contributed by atoms with Gasteiger partial charge in [0.2, 0.25) is 0 Å². The van der Waals surface area contributed by atoms with Gasteiger partial charge in [0.25, 0.3) is 47.3 Å². The van der Waals surface area contributed by atoms with Crippen LogP contribution in [0.2, 0.25) is 0 Å². The van der Waals surface area contributed by atoms with E-state index in [0.717, 1.165) is 131 Å². The number of nitrogens with one attached hydrogen (secondary N) is 4. The fourth-order valence-electron chi connectivity index (χ4n) is 16.0. The van der Waals surface area contributed by atoms with Gasteiger partial charge in [-0.05, 0) is 161 Å². The molecular formula is C95H106N20O10. The van der Waals surface area contributed by atoms with Gasteiger partial charge in [0.15, 0.2) is 0 Å². The summed E-state index contributed by atoms with van der Waals surface area (Å²) >= 11 is 0. The number of ether oxygens (including phenoxy) is 1. The molecule has 646 valence electrons. The van der Waals surface area contributed by atoms with Crippen molar-refractivity contribution in [1.82, 2.24) is 60.4 Å². The molecule has 125 heavy (non-hydrogen) atoms. The lowest BCUT2D eigenvalue weighted by molar-refractivity contribution is 0.0942. The number of amides is 8. The van der Waals surface area contributed by atoms with Gasteiger partial charge >= 0.3 is 0 Å². The molecule has 0 bridgehead atoms. The number of aryl methyl sites for hydroxylation is 4. The fourth-order valence-corrected chi connectivity index (χ4v) is 16.0. The third-order valence-electron chi connectivity index (χ3n) is 23.4. The number of aliphatic hydroxyl groups is 1. The van der Waals surface area contributed by atoms with Crippen LogP contribution in [0.5, 0.6) is 0 Å². The van der Waals surface area contributed by atoms with Crippen LogP contribution in [-0.4, -0.2) is 111 Å². The Kier molecular flexibility index (Phi) is 28.2. The van der Waals surface area contributed by atoms with Crippen molar-refractivity contribution in [2.45, 2.75) is 161 Å². The summed E-state index contributed by atoms with van der Waals surface area (Å²) in [5.41, 5.74) is 63.3. The van der Waals surface area contributed by atoms with E-state index in [1.165, 1.54) is 0 Å². The summed E-state index contributed by atoms with van der Waals surface area (Å²) in [4.78, 5) is 98.0. The van der Waals surface area contributed by atoms with Crippen molar-refractivity contribution in [3.8, 4) is 45.0 Å². The lowest BCUT2D eigenvalue weighted by Gasteiger charge is -2.26. The summed E-state index contributed by atoms with van der Waals surface area (Å²) in [6, 6.07) is 60.3. The average molecular weight is 1690 g/mol. The minimum Gasteiger partial charge on any atom is -0.393 e. The van der Waals surface area contributed by atoms with Gasteiger partial charge in [0.1, 0.15) is 68.3 Å². The lowest BCUT2D eigenvalue weighted by Crippen LogP contribution is -2.23. The highest BCUT2D eigenvalue weighted by atomic mass is 16.5. The van der Waals surface area contributed by atoms with Gasteiger partial charge in [0, 0.05) is 77.3 Å². The molecule has 4 aromatic heterocycles. The monoisotopic (exact) mass is 1690 g/mol. The molecule has 30 nitrogen and oxygen atoms in total. The number of carbonyl (C=O) groups excluding carboxylic acids is 8. The first-order valence-electron chi connectivity index (χ1n) is 41.9. The Bertz CT molecular complexity index is 5750. The largest absolute Gasteiger partial charge is 0.393 e. The first kappa shape index (κ1) is 88.3. The highest BCUT2D eigenvalue weighted by molar-refractivity contribution is 6.06. The summed E-state index contributed by atoms with van der Waals surface area (Å²) in [6.45, 7) is 10.3. The molecule has 4 fully saturated rings. The second kappa shape index (κ2) is 40.0. The molecule has 5 heterocycles. The van der Waals surface area contributed by atoms with Crippen molar-refractivity contribution < 1.29 is 48.2 Å². The summed E-state index contributed by atoms with van der Waals surface area (Å²) in [5.74, 6) is -1.69. The highest BCUT2D eigenvalue weighted by Gasteiger charge is 2.33. The van der Waals surface area contributed by atoms with Gasteiger partial charge < -0.3 is 77.0 Å². The van der Waals surface area contributed by atoms with E-state index in [0.29, 0.717) is 109 Å². The van der Waals surface area contributed by atoms with Gasteiger partial charge in [0.05, 0.1) is 36.9 Å². The van der Waals surface area contributed by atoms with Crippen molar-refractivity contribution >= 4 is 70.5 Å². The molecule has 30 heteroatoms. The Morgan fingerprint density at radius 2 is 0.568 bits per heavy atom. The van der Waals surface area contributed by atoms with Crippen LogP contribution < -0.4 is 67.1 Å². The molecule has 1 atom stereocenters. The molecule has 3 aliphatic carbocycles. The molecule has 8 aromatic carbocycles. The quantitative estimate of drug-likeness (QED) is 0.0267. The lowest BCUT2D eigenvalue weighted by atomic mass is 9.93. The molecule has 3 saturated carbocycles. The van der Waals surface area contributed by atoms with Crippen LogP contribution in [0.1, 0.15) is 229 Å². The van der Waals surface area contributed by atoms with E-state index in [1.54, 1.807) is 30.9 Å². The van der Waals surface area contributed by atoms with Gasteiger partial charge in [-0.1, -0.05) is 183 Å². The van der Waals surface area contributed by atoms with Crippen LogP contribution in [0.25, 0.3) is 45.0 Å². The first-order chi connectivity index (χ1) is 60.2. The Morgan fingerprint density at radius 3 is 0.792 bits per heavy atom. The van der Waals surface area contributed by atoms with Crippen molar-refractivity contribution in [2.24, 2.45) is 22.9 Å². The second-order valence-corrected chi connectivity index (χ2v) is 32.0. The van der Waals surface area contributed by atoms with E-state index < -0.39 is 23.6 Å². The topological polar surface area (TPSA) is 494 Å². The number of nitrogens with zero attached hydrogens (tertiary/aromatic N) is 8. The maximum Gasteiger partial charge on any atom is 0.254 e. The van der Waals surface area contributed by atoms with Crippen LogP contribution in [-0.2, 0) is 30.9 Å². The summed E-state index contributed by atoms with van der Waals surface area (Å²) < 4.78 is 12.2.